The maximum Gasteiger partial charge on any atom is 0.237 e. The molecule has 36 heavy (non-hydrogen) atoms. The van der Waals surface area contributed by atoms with Crippen LogP contribution in [0.25, 0.3) is 22.0 Å². The van der Waals surface area contributed by atoms with Crippen LogP contribution in [0, 0.1) is 5.82 Å². The third kappa shape index (κ3) is 3.46. The van der Waals surface area contributed by atoms with Crippen molar-refractivity contribution in [3.8, 4) is 11.1 Å². The molecule has 188 valence electrons. The van der Waals surface area contributed by atoms with Crippen LogP contribution in [0.4, 0.5) is 21.6 Å². The summed E-state index contributed by atoms with van der Waals surface area (Å²) in [5.74, 6) is 0.621. The summed E-state index contributed by atoms with van der Waals surface area (Å²) in [6.45, 7) is 1.74. The van der Waals surface area contributed by atoms with Crippen LogP contribution in [-0.2, 0) is 10.2 Å². The molecule has 0 atom stereocenters. The van der Waals surface area contributed by atoms with Crippen LogP contribution >= 0.6 is 12.1 Å². The lowest BCUT2D eigenvalue weighted by Gasteiger charge is -2.40. The second-order valence-electron chi connectivity index (χ2n) is 10.2. The smallest absolute Gasteiger partial charge is 0.237 e. The second kappa shape index (κ2) is 8.57. The molecule has 4 heterocycles. The minimum absolute atomic E-state index is 0.122. The number of fused-ring (bicyclic) bond motifs is 4. The SMILES string of the molecule is CNC1CN(c2ncc(-c3cc4c5c(cnc4cc3F)N(C)C(=O)C53CCC3)cc2NSN(C)C)C1. The van der Waals surface area contributed by atoms with E-state index in [0.29, 0.717) is 22.7 Å². The monoisotopic (exact) mass is 507 g/mol. The molecule has 6 rings (SSSR count). The van der Waals surface area contributed by atoms with E-state index >= 15 is 4.39 Å². The van der Waals surface area contributed by atoms with E-state index in [4.69, 9.17) is 4.98 Å². The van der Waals surface area contributed by atoms with Crippen molar-refractivity contribution in [2.45, 2.75) is 30.7 Å². The van der Waals surface area contributed by atoms with E-state index in [2.05, 4.69) is 19.9 Å². The van der Waals surface area contributed by atoms with Crippen molar-refractivity contribution in [2.24, 2.45) is 0 Å². The number of nitrogens with one attached hydrogen (secondary N) is 2. The van der Waals surface area contributed by atoms with Gasteiger partial charge in [0.15, 0.2) is 5.82 Å². The van der Waals surface area contributed by atoms with Gasteiger partial charge in [-0.3, -0.25) is 9.78 Å². The largest absolute Gasteiger partial charge is 0.352 e. The molecule has 2 N–H and O–H groups in total. The summed E-state index contributed by atoms with van der Waals surface area (Å²) in [6.07, 6.45) is 6.12. The zero-order chi connectivity index (χ0) is 25.2. The lowest BCUT2D eigenvalue weighted by atomic mass is 9.64. The number of amides is 1. The average molecular weight is 508 g/mol. The fourth-order valence-electron chi connectivity index (χ4n) is 5.62. The first-order valence-corrected chi connectivity index (χ1v) is 13.0. The third-order valence-electron chi connectivity index (χ3n) is 7.80. The Morgan fingerprint density at radius 2 is 1.94 bits per heavy atom. The van der Waals surface area contributed by atoms with Gasteiger partial charge in [0.2, 0.25) is 5.91 Å². The molecular formula is C26H30FN7OS. The Morgan fingerprint density at radius 1 is 1.17 bits per heavy atom. The van der Waals surface area contributed by atoms with Gasteiger partial charge in [-0.15, -0.1) is 0 Å². The van der Waals surface area contributed by atoms with Gasteiger partial charge in [-0.2, -0.15) is 0 Å². The van der Waals surface area contributed by atoms with Gasteiger partial charge in [-0.1, -0.05) is 6.42 Å². The molecule has 10 heteroatoms. The van der Waals surface area contributed by atoms with Crippen LogP contribution in [0.5, 0.6) is 0 Å². The van der Waals surface area contributed by atoms with E-state index in [0.717, 1.165) is 60.5 Å². The van der Waals surface area contributed by atoms with E-state index in [-0.39, 0.29) is 11.7 Å². The molecule has 3 aliphatic rings. The molecule has 0 radical (unpaired) electrons. The van der Waals surface area contributed by atoms with Crippen LogP contribution in [0.3, 0.4) is 0 Å². The van der Waals surface area contributed by atoms with Crippen molar-refractivity contribution in [1.29, 1.82) is 0 Å². The van der Waals surface area contributed by atoms with Gasteiger partial charge in [-0.25, -0.2) is 13.7 Å². The quantitative estimate of drug-likeness (QED) is 0.489. The number of rotatable bonds is 6. The fourth-order valence-corrected chi connectivity index (χ4v) is 6.05. The molecule has 3 aromatic rings. The first-order chi connectivity index (χ1) is 17.3. The summed E-state index contributed by atoms with van der Waals surface area (Å²) in [7, 11) is 7.69. The molecular weight excluding hydrogens is 477 g/mol. The summed E-state index contributed by atoms with van der Waals surface area (Å²) < 4.78 is 20.8. The number of benzene rings is 1. The molecule has 2 aliphatic heterocycles. The van der Waals surface area contributed by atoms with Gasteiger partial charge in [0.05, 0.1) is 28.5 Å². The van der Waals surface area contributed by atoms with Crippen LogP contribution in [0.2, 0.25) is 0 Å². The molecule has 1 spiro atoms. The first kappa shape index (κ1) is 23.4. The molecule has 1 saturated carbocycles. The van der Waals surface area contributed by atoms with Gasteiger partial charge in [0.25, 0.3) is 0 Å². The normalized spacial score (nSPS) is 18.7. The van der Waals surface area contributed by atoms with E-state index in [1.165, 1.54) is 18.2 Å². The molecule has 2 aromatic heterocycles. The number of hydrogen-bond donors (Lipinski definition) is 2. The van der Waals surface area contributed by atoms with Crippen LogP contribution < -0.4 is 19.8 Å². The second-order valence-corrected chi connectivity index (χ2v) is 11.3. The van der Waals surface area contributed by atoms with Gasteiger partial charge in [-0.05, 0) is 46.1 Å². The zero-order valence-electron chi connectivity index (χ0n) is 20.9. The predicted molar refractivity (Wildman–Crippen MR) is 144 cm³/mol. The van der Waals surface area contributed by atoms with Gasteiger partial charge in [0, 0.05) is 72.7 Å². The Balaban J connectivity index is 1.46. The molecule has 0 unspecified atom stereocenters. The molecule has 8 nitrogen and oxygen atoms in total. The molecule has 1 amide bonds. The molecule has 1 aromatic carbocycles. The molecule has 2 fully saturated rings. The van der Waals surface area contributed by atoms with Crippen molar-refractivity contribution in [3.63, 3.8) is 0 Å². The highest BCUT2D eigenvalue weighted by molar-refractivity contribution is 7.98. The van der Waals surface area contributed by atoms with Gasteiger partial charge < -0.3 is 19.8 Å². The minimum atomic E-state index is -0.501. The van der Waals surface area contributed by atoms with Crippen molar-refractivity contribution in [3.05, 3.63) is 42.0 Å². The van der Waals surface area contributed by atoms with E-state index in [9.17, 15) is 4.79 Å². The lowest BCUT2D eigenvalue weighted by Crippen LogP contribution is -2.57. The van der Waals surface area contributed by atoms with Crippen LogP contribution in [0.1, 0.15) is 24.8 Å². The first-order valence-electron chi connectivity index (χ1n) is 12.3. The minimum Gasteiger partial charge on any atom is -0.352 e. The Labute approximate surface area is 214 Å². The molecule has 1 aliphatic carbocycles. The summed E-state index contributed by atoms with van der Waals surface area (Å²) in [6, 6.07) is 5.75. The number of pyridine rings is 2. The number of likely N-dealkylation sites (N-methyl/N-ethyl adjacent to an activating group) is 2. The highest BCUT2D eigenvalue weighted by Gasteiger charge is 2.54. The Hall–Kier alpha value is -2.95. The molecule has 0 bridgehead atoms. The molecule has 1 saturated heterocycles. The number of aromatic nitrogens is 2. The van der Waals surface area contributed by atoms with Crippen molar-refractivity contribution >= 4 is 46.1 Å². The maximum atomic E-state index is 15.5. The highest BCUT2D eigenvalue weighted by atomic mass is 32.2. The third-order valence-corrected chi connectivity index (χ3v) is 8.48. The number of carbonyl (C=O) groups is 1. The Bertz CT molecular complexity index is 1370. The fraction of sp³-hybridized carbons (Fsp3) is 0.423. The van der Waals surface area contributed by atoms with E-state index < -0.39 is 5.41 Å². The van der Waals surface area contributed by atoms with E-state index in [1.54, 1.807) is 17.3 Å². The van der Waals surface area contributed by atoms with E-state index in [1.807, 2.05) is 44.6 Å². The summed E-state index contributed by atoms with van der Waals surface area (Å²) in [4.78, 5) is 26.4. The average Bonchev–Trinajstić information content (AvgIpc) is 3.04. The number of anilines is 3. The van der Waals surface area contributed by atoms with Crippen molar-refractivity contribution in [2.75, 3.05) is 55.8 Å². The maximum absolute atomic E-state index is 15.5. The van der Waals surface area contributed by atoms with Crippen LogP contribution in [-0.4, -0.2) is 67.5 Å². The van der Waals surface area contributed by atoms with Gasteiger partial charge >= 0.3 is 0 Å². The number of carbonyl (C=O) groups excluding carboxylic acids is 1. The summed E-state index contributed by atoms with van der Waals surface area (Å²) in [5.41, 5.74) is 3.89. The number of hydrogen-bond acceptors (Lipinski definition) is 8. The Kier molecular flexibility index (Phi) is 5.58. The van der Waals surface area contributed by atoms with Crippen molar-refractivity contribution < 1.29 is 9.18 Å². The van der Waals surface area contributed by atoms with Gasteiger partial charge in [0.1, 0.15) is 5.82 Å². The zero-order valence-corrected chi connectivity index (χ0v) is 21.7. The lowest BCUT2D eigenvalue weighted by molar-refractivity contribution is -0.125. The standard InChI is InChI=1S/C26H30FN7OS/c1-28-16-13-34(14-16)24-21(31-36-32(2)3)8-15(11-30-24)17-9-18-20(10-19(17)27)29-12-22-23(18)26(6-5-7-26)25(35)33(22)4/h8-12,16,28,31H,5-7,13-14H2,1-4H3. The number of halogens is 1. The predicted octanol–water partition coefficient (Wildman–Crippen LogP) is 3.78. The Morgan fingerprint density at radius 3 is 2.61 bits per heavy atom. The number of nitrogens with zero attached hydrogens (tertiary/aromatic N) is 5. The van der Waals surface area contributed by atoms with Crippen molar-refractivity contribution in [1.82, 2.24) is 19.6 Å². The van der Waals surface area contributed by atoms with Crippen LogP contribution in [0.15, 0.2) is 30.6 Å². The summed E-state index contributed by atoms with van der Waals surface area (Å²) in [5, 5.41) is 4.14. The topological polar surface area (TPSA) is 76.6 Å². The highest BCUT2D eigenvalue weighted by Crippen LogP contribution is 2.55. The summed E-state index contributed by atoms with van der Waals surface area (Å²) >= 11 is 1.45.